The van der Waals surface area contributed by atoms with Crippen molar-refractivity contribution in [3.8, 4) is 0 Å². The Kier molecular flexibility index (Phi) is 6.28. The molecule has 0 spiro atoms. The number of rotatable bonds is 8. The summed E-state index contributed by atoms with van der Waals surface area (Å²) in [4.78, 5) is 40.7. The second kappa shape index (κ2) is 8.87. The van der Waals surface area contributed by atoms with Crippen LogP contribution in [0.25, 0.3) is 0 Å². The predicted octanol–water partition coefficient (Wildman–Crippen LogP) is 0.937. The number of carbonyl (C=O) groups excluding carboxylic acids is 3. The number of hydrogen-bond acceptors (Lipinski definition) is 4. The summed E-state index contributed by atoms with van der Waals surface area (Å²) in [6.45, 7) is 4.58. The molecule has 154 valence electrons. The van der Waals surface area contributed by atoms with Gasteiger partial charge in [0.05, 0.1) is 30.5 Å². The Morgan fingerprint density at radius 3 is 2.76 bits per heavy atom. The topological polar surface area (TPSA) is 91.0 Å². The first kappa shape index (κ1) is 20.5. The van der Waals surface area contributed by atoms with Crippen LogP contribution in [-0.2, 0) is 14.3 Å². The van der Waals surface area contributed by atoms with E-state index in [-0.39, 0.29) is 37.5 Å². The van der Waals surface area contributed by atoms with Gasteiger partial charge < -0.3 is 20.3 Å². The number of carbonyl (C=O) groups is 3. The molecule has 1 unspecified atom stereocenters. The molecule has 2 heterocycles. The summed E-state index contributed by atoms with van der Waals surface area (Å²) in [7, 11) is 1.53. The fourth-order valence-corrected chi connectivity index (χ4v) is 3.43. The Balaban J connectivity index is 1.86. The third kappa shape index (κ3) is 4.29. The van der Waals surface area contributed by atoms with Crippen molar-refractivity contribution in [1.29, 1.82) is 0 Å². The van der Waals surface area contributed by atoms with Crippen molar-refractivity contribution in [2.24, 2.45) is 0 Å². The van der Waals surface area contributed by atoms with Gasteiger partial charge in [-0.2, -0.15) is 0 Å². The largest absolute Gasteiger partial charge is 0.383 e. The normalized spacial score (nSPS) is 18.6. The molecule has 0 bridgehead atoms. The number of amides is 4. The first-order chi connectivity index (χ1) is 14.0. The van der Waals surface area contributed by atoms with Gasteiger partial charge >= 0.3 is 6.03 Å². The molecule has 0 fully saturated rings. The van der Waals surface area contributed by atoms with Crippen LogP contribution in [0.2, 0.25) is 0 Å². The van der Waals surface area contributed by atoms with Gasteiger partial charge in [0.1, 0.15) is 12.4 Å². The minimum atomic E-state index is -0.715. The maximum absolute atomic E-state index is 13.3. The second-order valence-corrected chi connectivity index (χ2v) is 6.70. The summed E-state index contributed by atoms with van der Waals surface area (Å²) in [5, 5.41) is 5.48. The fourth-order valence-electron chi connectivity index (χ4n) is 3.43. The number of ether oxygens (including phenoxy) is 1. The van der Waals surface area contributed by atoms with Crippen LogP contribution in [-0.4, -0.2) is 67.5 Å². The van der Waals surface area contributed by atoms with E-state index >= 15 is 0 Å². The highest BCUT2D eigenvalue weighted by atomic mass is 19.1. The number of halogens is 1. The third-order valence-corrected chi connectivity index (χ3v) is 4.77. The van der Waals surface area contributed by atoms with Gasteiger partial charge in [0.2, 0.25) is 5.91 Å². The molecule has 1 atom stereocenters. The van der Waals surface area contributed by atoms with Crippen LogP contribution in [0.5, 0.6) is 0 Å². The summed E-state index contributed by atoms with van der Waals surface area (Å²) in [6.07, 6.45) is 1.56. The Morgan fingerprint density at radius 1 is 1.38 bits per heavy atom. The van der Waals surface area contributed by atoms with Crippen molar-refractivity contribution in [3.05, 3.63) is 59.6 Å². The lowest BCUT2D eigenvalue weighted by atomic mass is 9.95. The maximum atomic E-state index is 13.3. The molecule has 3 rings (SSSR count). The smallest absolute Gasteiger partial charge is 0.322 e. The zero-order valence-corrected chi connectivity index (χ0v) is 16.1. The summed E-state index contributed by atoms with van der Waals surface area (Å²) >= 11 is 0. The van der Waals surface area contributed by atoms with Crippen LogP contribution in [0, 0.1) is 5.82 Å². The molecule has 29 heavy (non-hydrogen) atoms. The van der Waals surface area contributed by atoms with E-state index in [4.69, 9.17) is 4.74 Å². The van der Waals surface area contributed by atoms with Crippen LogP contribution in [0.3, 0.4) is 0 Å². The molecular formula is C20H23FN4O4. The van der Waals surface area contributed by atoms with Crippen LogP contribution in [0.4, 0.5) is 9.18 Å². The van der Waals surface area contributed by atoms with Gasteiger partial charge in [0, 0.05) is 20.2 Å². The van der Waals surface area contributed by atoms with E-state index < -0.39 is 11.9 Å². The molecule has 0 aliphatic carbocycles. The average molecular weight is 402 g/mol. The van der Waals surface area contributed by atoms with Gasteiger partial charge in [-0.3, -0.25) is 14.5 Å². The highest BCUT2D eigenvalue weighted by molar-refractivity contribution is 6.03. The Morgan fingerprint density at radius 2 is 2.10 bits per heavy atom. The van der Waals surface area contributed by atoms with E-state index in [0.29, 0.717) is 30.0 Å². The summed E-state index contributed by atoms with van der Waals surface area (Å²) in [6, 6.07) is 4.52. The first-order valence-electron chi connectivity index (χ1n) is 9.18. The molecule has 0 radical (unpaired) electrons. The van der Waals surface area contributed by atoms with E-state index in [0.717, 1.165) is 0 Å². The van der Waals surface area contributed by atoms with Gasteiger partial charge in [0.15, 0.2) is 0 Å². The van der Waals surface area contributed by atoms with Crippen LogP contribution in [0.1, 0.15) is 11.6 Å². The predicted molar refractivity (Wildman–Crippen MR) is 103 cm³/mol. The average Bonchev–Trinajstić information content (AvgIpc) is 3.01. The fraction of sp³-hybridized carbons (Fsp3) is 0.350. The zero-order valence-electron chi connectivity index (χ0n) is 16.1. The lowest BCUT2D eigenvalue weighted by Gasteiger charge is -2.33. The van der Waals surface area contributed by atoms with Gasteiger partial charge in [-0.05, 0) is 17.7 Å². The minimum Gasteiger partial charge on any atom is -0.383 e. The van der Waals surface area contributed by atoms with E-state index in [1.165, 1.54) is 41.2 Å². The van der Waals surface area contributed by atoms with E-state index in [1.807, 2.05) is 0 Å². The molecule has 2 N–H and O–H groups in total. The molecule has 2 aliphatic rings. The quantitative estimate of drug-likeness (QED) is 0.500. The van der Waals surface area contributed by atoms with Crippen molar-refractivity contribution < 1.29 is 23.5 Å². The highest BCUT2D eigenvalue weighted by Crippen LogP contribution is 2.36. The van der Waals surface area contributed by atoms with E-state index in [9.17, 15) is 18.8 Å². The SMILES string of the molecule is C=CCN1C(=O)NC(c2ccc(F)cc2)C2=C1CN(CC(=O)NCCOC)C2=O. The van der Waals surface area contributed by atoms with E-state index in [1.54, 1.807) is 6.08 Å². The summed E-state index contributed by atoms with van der Waals surface area (Å²) < 4.78 is 18.2. The molecule has 1 aromatic rings. The molecule has 2 aliphatic heterocycles. The van der Waals surface area contributed by atoms with E-state index in [2.05, 4.69) is 17.2 Å². The van der Waals surface area contributed by atoms with Crippen LogP contribution < -0.4 is 10.6 Å². The van der Waals surface area contributed by atoms with Gasteiger partial charge in [-0.25, -0.2) is 9.18 Å². The Labute approximate surface area is 168 Å². The molecule has 8 nitrogen and oxygen atoms in total. The number of nitrogens with zero attached hydrogens (tertiary/aromatic N) is 2. The van der Waals surface area contributed by atoms with Crippen molar-refractivity contribution in [3.63, 3.8) is 0 Å². The first-order valence-corrected chi connectivity index (χ1v) is 9.18. The monoisotopic (exact) mass is 402 g/mol. The molecule has 1 aromatic carbocycles. The van der Waals surface area contributed by atoms with Crippen LogP contribution >= 0.6 is 0 Å². The van der Waals surface area contributed by atoms with Gasteiger partial charge in [0.25, 0.3) is 5.91 Å². The second-order valence-electron chi connectivity index (χ2n) is 6.70. The molecular weight excluding hydrogens is 379 g/mol. The molecule has 0 aromatic heterocycles. The molecule has 4 amide bonds. The zero-order chi connectivity index (χ0) is 21.0. The van der Waals surface area contributed by atoms with Crippen molar-refractivity contribution >= 4 is 17.8 Å². The number of hydrogen-bond donors (Lipinski definition) is 2. The lowest BCUT2D eigenvalue weighted by molar-refractivity contribution is -0.132. The maximum Gasteiger partial charge on any atom is 0.322 e. The van der Waals surface area contributed by atoms with Gasteiger partial charge in [-0.15, -0.1) is 6.58 Å². The Bertz CT molecular complexity index is 853. The number of urea groups is 1. The molecule has 0 saturated heterocycles. The van der Waals surface area contributed by atoms with Crippen LogP contribution in [0.15, 0.2) is 48.2 Å². The van der Waals surface area contributed by atoms with Crippen molar-refractivity contribution in [2.75, 3.05) is 39.9 Å². The number of benzene rings is 1. The van der Waals surface area contributed by atoms with Crippen molar-refractivity contribution in [2.45, 2.75) is 6.04 Å². The molecule has 0 saturated carbocycles. The van der Waals surface area contributed by atoms with Gasteiger partial charge in [-0.1, -0.05) is 18.2 Å². The standard InChI is InChI=1S/C20H23FN4O4/c1-3-9-25-15-11-24(12-16(26)22-8-10-29-2)19(27)17(15)18(23-20(25)28)13-4-6-14(21)7-5-13/h3-7,18H,1,8-12H2,2H3,(H,22,26)(H,23,28). The molecule has 9 heteroatoms. The van der Waals surface area contributed by atoms with Crippen molar-refractivity contribution in [1.82, 2.24) is 20.4 Å². The minimum absolute atomic E-state index is 0.130. The highest BCUT2D eigenvalue weighted by Gasteiger charge is 2.44. The number of methoxy groups -OCH3 is 1. The Hall–Kier alpha value is -3.20. The summed E-state index contributed by atoms with van der Waals surface area (Å²) in [5.74, 6) is -1.07. The third-order valence-electron chi connectivity index (χ3n) is 4.77. The number of nitrogens with one attached hydrogen (secondary N) is 2. The lowest BCUT2D eigenvalue weighted by Crippen LogP contribution is -2.47. The summed E-state index contributed by atoms with van der Waals surface area (Å²) in [5.41, 5.74) is 1.49.